The molecular weight excluding hydrogens is 344 g/mol. The van der Waals surface area contributed by atoms with Gasteiger partial charge in [-0.25, -0.2) is 0 Å². The van der Waals surface area contributed by atoms with Gasteiger partial charge in [-0.05, 0) is 54.8 Å². The normalized spacial score (nSPS) is 9.57. The Balaban J connectivity index is 2.31. The fourth-order valence-corrected chi connectivity index (χ4v) is 3.15. The predicted octanol–water partition coefficient (Wildman–Crippen LogP) is 4.73. The van der Waals surface area contributed by atoms with Crippen LogP contribution in [0.4, 0.5) is 0 Å². The highest BCUT2D eigenvalue weighted by Gasteiger charge is 1.98. The van der Waals surface area contributed by atoms with E-state index < -0.39 is 0 Å². The van der Waals surface area contributed by atoms with Crippen LogP contribution in [0.2, 0.25) is 0 Å². The van der Waals surface area contributed by atoms with Crippen LogP contribution < -0.4 is 0 Å². The minimum absolute atomic E-state index is 1.05. The molecule has 70 valence electrons. The molecule has 0 aliphatic rings. The van der Waals surface area contributed by atoms with Gasteiger partial charge in [0.15, 0.2) is 0 Å². The highest BCUT2D eigenvalue weighted by Crippen LogP contribution is 2.24. The summed E-state index contributed by atoms with van der Waals surface area (Å²) in [5.41, 5.74) is 2.10. The molecule has 0 aromatic carbocycles. The smallest absolute Gasteiger partial charge is 0.0854 e. The van der Waals surface area contributed by atoms with Crippen LogP contribution in [0.25, 0.3) is 0 Å². The largest absolute Gasteiger partial charge is 0.135 e. The average Bonchev–Trinajstić information content (AvgIpc) is 2.72. The molecule has 0 saturated carbocycles. The van der Waals surface area contributed by atoms with E-state index in [1.54, 1.807) is 22.7 Å². The van der Waals surface area contributed by atoms with Gasteiger partial charge >= 0.3 is 0 Å². The molecule has 0 nitrogen and oxygen atoms in total. The van der Waals surface area contributed by atoms with E-state index in [4.69, 9.17) is 0 Å². The van der Waals surface area contributed by atoms with Crippen LogP contribution in [0.15, 0.2) is 30.5 Å². The Bertz CT molecular complexity index is 455. The Morgan fingerprint density at radius 2 is 1.29 bits per heavy atom. The summed E-state index contributed by atoms with van der Waals surface area (Å²) in [7, 11) is 0. The minimum atomic E-state index is 1.05. The van der Waals surface area contributed by atoms with E-state index in [1.807, 2.05) is 22.9 Å². The first kappa shape index (κ1) is 10.4. The second kappa shape index (κ2) is 4.63. The summed E-state index contributed by atoms with van der Waals surface area (Å²) in [6.45, 7) is 0. The van der Waals surface area contributed by atoms with Crippen molar-refractivity contribution in [3.63, 3.8) is 0 Å². The third-order valence-corrected chi connectivity index (χ3v) is 4.94. The van der Waals surface area contributed by atoms with E-state index in [2.05, 4.69) is 43.7 Å². The second-order valence-electron chi connectivity index (χ2n) is 2.47. The SMILES string of the molecule is Brc1sccc1C#Cc1ccsc1Br. The van der Waals surface area contributed by atoms with Gasteiger partial charge in [-0.2, -0.15) is 0 Å². The lowest BCUT2D eigenvalue weighted by Crippen LogP contribution is -1.69. The molecular formula is C10H4Br2S2. The van der Waals surface area contributed by atoms with Crippen molar-refractivity contribution in [2.45, 2.75) is 0 Å². The highest BCUT2D eigenvalue weighted by atomic mass is 79.9. The molecule has 0 aliphatic heterocycles. The third-order valence-electron chi connectivity index (χ3n) is 1.57. The molecule has 2 rings (SSSR count). The monoisotopic (exact) mass is 346 g/mol. The van der Waals surface area contributed by atoms with Crippen molar-refractivity contribution in [2.75, 3.05) is 0 Å². The lowest BCUT2D eigenvalue weighted by atomic mass is 10.3. The van der Waals surface area contributed by atoms with Crippen molar-refractivity contribution >= 4 is 54.5 Å². The maximum atomic E-state index is 3.46. The summed E-state index contributed by atoms with van der Waals surface area (Å²) in [6, 6.07) is 4.03. The maximum absolute atomic E-state index is 3.46. The summed E-state index contributed by atoms with van der Waals surface area (Å²) >= 11 is 10.2. The van der Waals surface area contributed by atoms with Gasteiger partial charge in [-0.1, -0.05) is 11.8 Å². The molecule has 0 aliphatic carbocycles. The van der Waals surface area contributed by atoms with Crippen LogP contribution in [0.1, 0.15) is 11.1 Å². The van der Waals surface area contributed by atoms with Crippen molar-refractivity contribution in [1.82, 2.24) is 0 Å². The van der Waals surface area contributed by atoms with Gasteiger partial charge in [0.05, 0.1) is 7.57 Å². The van der Waals surface area contributed by atoms with Gasteiger partial charge in [0, 0.05) is 11.1 Å². The van der Waals surface area contributed by atoms with E-state index in [9.17, 15) is 0 Å². The summed E-state index contributed by atoms with van der Waals surface area (Å²) in [4.78, 5) is 0. The number of hydrogen-bond acceptors (Lipinski definition) is 2. The van der Waals surface area contributed by atoms with Crippen molar-refractivity contribution in [2.24, 2.45) is 0 Å². The summed E-state index contributed by atoms with van der Waals surface area (Å²) in [6.07, 6.45) is 0. The number of thiophene rings is 2. The molecule has 0 radical (unpaired) electrons. The summed E-state index contributed by atoms with van der Waals surface area (Å²) in [5.74, 6) is 6.25. The van der Waals surface area contributed by atoms with Gasteiger partial charge < -0.3 is 0 Å². The van der Waals surface area contributed by atoms with Gasteiger partial charge in [0.1, 0.15) is 0 Å². The van der Waals surface area contributed by atoms with Gasteiger partial charge in [0.2, 0.25) is 0 Å². The zero-order valence-electron chi connectivity index (χ0n) is 6.88. The Labute approximate surface area is 107 Å². The zero-order valence-corrected chi connectivity index (χ0v) is 11.7. The molecule has 0 atom stereocenters. The van der Waals surface area contributed by atoms with Gasteiger partial charge in [-0.3, -0.25) is 0 Å². The summed E-state index contributed by atoms with van der Waals surface area (Å²) in [5, 5.41) is 4.05. The molecule has 0 spiro atoms. The van der Waals surface area contributed by atoms with Crippen LogP contribution in [-0.2, 0) is 0 Å². The van der Waals surface area contributed by atoms with E-state index in [-0.39, 0.29) is 0 Å². The van der Waals surface area contributed by atoms with Crippen molar-refractivity contribution in [3.05, 3.63) is 41.6 Å². The Kier molecular flexibility index (Phi) is 3.45. The van der Waals surface area contributed by atoms with E-state index in [1.165, 1.54) is 0 Å². The second-order valence-corrected chi connectivity index (χ2v) is 6.93. The molecule has 2 aromatic heterocycles. The molecule has 2 heterocycles. The van der Waals surface area contributed by atoms with E-state index in [0.29, 0.717) is 0 Å². The molecule has 0 N–H and O–H groups in total. The fourth-order valence-electron chi connectivity index (χ4n) is 0.898. The predicted molar refractivity (Wildman–Crippen MR) is 70.0 cm³/mol. The molecule has 2 aromatic rings. The van der Waals surface area contributed by atoms with Crippen molar-refractivity contribution < 1.29 is 0 Å². The average molecular weight is 348 g/mol. The maximum Gasteiger partial charge on any atom is 0.0854 e. The minimum Gasteiger partial charge on any atom is -0.135 e. The van der Waals surface area contributed by atoms with E-state index in [0.717, 1.165) is 18.7 Å². The molecule has 0 amide bonds. The zero-order chi connectivity index (χ0) is 9.97. The van der Waals surface area contributed by atoms with Crippen LogP contribution >= 0.6 is 54.5 Å². The first-order valence-corrected chi connectivity index (χ1v) is 7.10. The van der Waals surface area contributed by atoms with Crippen molar-refractivity contribution in [3.8, 4) is 11.8 Å². The number of halogens is 2. The molecule has 4 heteroatoms. The standard InChI is InChI=1S/C10H4Br2S2/c11-9-7(3-5-13-9)1-2-8-4-6-14-10(8)12/h3-6H. The lowest BCUT2D eigenvalue weighted by molar-refractivity contribution is 1.76. The highest BCUT2D eigenvalue weighted by molar-refractivity contribution is 9.11. The fraction of sp³-hybridized carbons (Fsp3) is 0. The van der Waals surface area contributed by atoms with Crippen molar-refractivity contribution in [1.29, 1.82) is 0 Å². The molecule has 0 saturated heterocycles. The third kappa shape index (κ3) is 2.29. The number of rotatable bonds is 0. The quantitative estimate of drug-likeness (QED) is 0.604. The van der Waals surface area contributed by atoms with Gasteiger partial charge in [0.25, 0.3) is 0 Å². The van der Waals surface area contributed by atoms with Crippen LogP contribution in [0, 0.1) is 11.8 Å². The van der Waals surface area contributed by atoms with Crippen LogP contribution in [-0.4, -0.2) is 0 Å². The molecule has 0 unspecified atom stereocenters. The Hall–Kier alpha value is -0.0800. The molecule has 14 heavy (non-hydrogen) atoms. The Morgan fingerprint density at radius 3 is 1.57 bits per heavy atom. The van der Waals surface area contributed by atoms with E-state index >= 15 is 0 Å². The topological polar surface area (TPSA) is 0 Å². The summed E-state index contributed by atoms with van der Waals surface area (Å²) < 4.78 is 2.19. The first-order valence-electron chi connectivity index (χ1n) is 3.75. The van der Waals surface area contributed by atoms with Crippen LogP contribution in [0.3, 0.4) is 0 Å². The Morgan fingerprint density at radius 1 is 0.857 bits per heavy atom. The molecule has 0 bridgehead atoms. The lowest BCUT2D eigenvalue weighted by Gasteiger charge is -1.84. The number of hydrogen-bond donors (Lipinski definition) is 0. The molecule has 0 fully saturated rings. The van der Waals surface area contributed by atoms with Crippen LogP contribution in [0.5, 0.6) is 0 Å². The first-order chi connectivity index (χ1) is 6.77. The van der Waals surface area contributed by atoms with Gasteiger partial charge in [-0.15, -0.1) is 22.7 Å².